The van der Waals surface area contributed by atoms with Crippen molar-refractivity contribution in [3.8, 4) is 12.3 Å². The van der Waals surface area contributed by atoms with Crippen LogP contribution in [0.25, 0.3) is 0 Å². The van der Waals surface area contributed by atoms with Crippen molar-refractivity contribution in [2.45, 2.75) is 19.4 Å². The van der Waals surface area contributed by atoms with Crippen LogP contribution in [0.2, 0.25) is 0 Å². The number of hydrogen-bond donors (Lipinski definition) is 2. The summed E-state index contributed by atoms with van der Waals surface area (Å²) in [7, 11) is 0. The highest BCUT2D eigenvalue weighted by Gasteiger charge is 1.96. The molecule has 0 aromatic heterocycles. The molecule has 3 heteroatoms. The summed E-state index contributed by atoms with van der Waals surface area (Å²) in [5, 5.41) is 11.6. The third-order valence-electron chi connectivity index (χ3n) is 1.40. The van der Waals surface area contributed by atoms with Gasteiger partial charge in [0.1, 0.15) is 0 Å². The van der Waals surface area contributed by atoms with Crippen molar-refractivity contribution in [2.24, 2.45) is 0 Å². The molecule has 0 aromatic rings. The zero-order valence-corrected chi connectivity index (χ0v) is 7.55. The van der Waals surface area contributed by atoms with Crippen LogP contribution in [-0.2, 0) is 4.74 Å². The molecule has 1 unspecified atom stereocenters. The minimum absolute atomic E-state index is 0.0832. The summed E-state index contributed by atoms with van der Waals surface area (Å²) < 4.78 is 5.05. The van der Waals surface area contributed by atoms with Gasteiger partial charge in [-0.2, -0.15) is 0 Å². The number of rotatable bonds is 7. The van der Waals surface area contributed by atoms with E-state index in [-0.39, 0.29) is 6.61 Å². The van der Waals surface area contributed by atoms with E-state index in [0.717, 1.165) is 13.0 Å². The van der Waals surface area contributed by atoms with Gasteiger partial charge in [-0.1, -0.05) is 0 Å². The Bertz CT molecular complexity index is 131. The number of terminal acetylenes is 1. The topological polar surface area (TPSA) is 41.5 Å². The molecule has 0 saturated carbocycles. The van der Waals surface area contributed by atoms with Crippen molar-refractivity contribution >= 4 is 0 Å². The molecule has 0 rings (SSSR count). The summed E-state index contributed by atoms with van der Waals surface area (Å²) in [6.45, 7) is 3.93. The van der Waals surface area contributed by atoms with Crippen LogP contribution in [-0.4, -0.2) is 37.5 Å². The van der Waals surface area contributed by atoms with Crippen LogP contribution in [0.1, 0.15) is 13.3 Å². The van der Waals surface area contributed by atoms with Crippen LogP contribution in [0.3, 0.4) is 0 Å². The standard InChI is InChI=1S/C9H17NO2/c1-3-4-9(2)10-5-7-12-8-6-11/h1,9-11H,4-8H2,2H3. The van der Waals surface area contributed by atoms with Crippen molar-refractivity contribution in [1.29, 1.82) is 0 Å². The summed E-state index contributed by atoms with van der Waals surface area (Å²) in [5.74, 6) is 2.58. The lowest BCUT2D eigenvalue weighted by atomic mass is 10.2. The molecule has 3 nitrogen and oxygen atoms in total. The van der Waals surface area contributed by atoms with Gasteiger partial charge in [0, 0.05) is 19.0 Å². The molecule has 70 valence electrons. The highest BCUT2D eigenvalue weighted by Crippen LogP contribution is 1.86. The Hall–Kier alpha value is -0.560. The molecular weight excluding hydrogens is 154 g/mol. The number of hydrogen-bond acceptors (Lipinski definition) is 3. The second-order valence-corrected chi connectivity index (χ2v) is 2.60. The van der Waals surface area contributed by atoms with Gasteiger partial charge in [0.25, 0.3) is 0 Å². The molecule has 0 bridgehead atoms. The van der Waals surface area contributed by atoms with Crippen molar-refractivity contribution in [3.63, 3.8) is 0 Å². The SMILES string of the molecule is C#CCC(C)NCCOCCO. The van der Waals surface area contributed by atoms with Crippen molar-refractivity contribution < 1.29 is 9.84 Å². The van der Waals surface area contributed by atoms with Crippen molar-refractivity contribution in [3.05, 3.63) is 0 Å². The van der Waals surface area contributed by atoms with E-state index in [1.807, 2.05) is 6.92 Å². The van der Waals surface area contributed by atoms with Gasteiger partial charge in [-0.05, 0) is 6.92 Å². The zero-order chi connectivity index (χ0) is 9.23. The minimum atomic E-state index is 0.0832. The van der Waals surface area contributed by atoms with Gasteiger partial charge in [0.05, 0.1) is 19.8 Å². The molecule has 0 aliphatic rings. The summed E-state index contributed by atoms with van der Waals surface area (Å²) in [4.78, 5) is 0. The molecule has 0 aliphatic heterocycles. The first-order valence-electron chi connectivity index (χ1n) is 4.16. The van der Waals surface area contributed by atoms with Crippen LogP contribution in [0.4, 0.5) is 0 Å². The molecule has 0 saturated heterocycles. The normalized spacial score (nSPS) is 12.4. The third kappa shape index (κ3) is 7.55. The summed E-state index contributed by atoms with van der Waals surface area (Å²) in [6, 6.07) is 0.340. The lowest BCUT2D eigenvalue weighted by molar-refractivity contribution is 0.0929. The Balaban J connectivity index is 3.04. The lowest BCUT2D eigenvalue weighted by Crippen LogP contribution is -2.29. The molecule has 2 N–H and O–H groups in total. The van der Waals surface area contributed by atoms with Gasteiger partial charge in [-0.3, -0.25) is 0 Å². The van der Waals surface area contributed by atoms with E-state index >= 15 is 0 Å². The molecule has 0 radical (unpaired) electrons. The predicted octanol–water partition coefficient (Wildman–Crippen LogP) is -0.00330. The zero-order valence-electron chi connectivity index (χ0n) is 7.55. The van der Waals surface area contributed by atoms with E-state index in [0.29, 0.717) is 19.3 Å². The molecule has 0 spiro atoms. The molecule has 0 aliphatic carbocycles. The van der Waals surface area contributed by atoms with E-state index in [1.54, 1.807) is 0 Å². The molecule has 12 heavy (non-hydrogen) atoms. The average Bonchev–Trinajstić information content (AvgIpc) is 2.05. The predicted molar refractivity (Wildman–Crippen MR) is 48.8 cm³/mol. The molecular formula is C9H17NO2. The van der Waals surface area contributed by atoms with E-state index in [2.05, 4.69) is 11.2 Å². The van der Waals surface area contributed by atoms with Gasteiger partial charge >= 0.3 is 0 Å². The fourth-order valence-corrected chi connectivity index (χ4v) is 0.793. The Morgan fingerprint density at radius 3 is 2.92 bits per heavy atom. The van der Waals surface area contributed by atoms with Crippen LogP contribution in [0.15, 0.2) is 0 Å². The summed E-state index contributed by atoms with van der Waals surface area (Å²) in [5.41, 5.74) is 0. The lowest BCUT2D eigenvalue weighted by Gasteiger charge is -2.10. The maximum absolute atomic E-state index is 8.39. The van der Waals surface area contributed by atoms with Gasteiger partial charge in [0.15, 0.2) is 0 Å². The van der Waals surface area contributed by atoms with Crippen molar-refractivity contribution in [2.75, 3.05) is 26.4 Å². The fourth-order valence-electron chi connectivity index (χ4n) is 0.793. The van der Waals surface area contributed by atoms with Crippen molar-refractivity contribution in [1.82, 2.24) is 5.32 Å². The number of aliphatic hydroxyl groups is 1. The summed E-state index contributed by atoms with van der Waals surface area (Å²) >= 11 is 0. The third-order valence-corrected chi connectivity index (χ3v) is 1.40. The number of nitrogens with one attached hydrogen (secondary N) is 1. The first-order valence-corrected chi connectivity index (χ1v) is 4.16. The van der Waals surface area contributed by atoms with Crippen LogP contribution >= 0.6 is 0 Å². The van der Waals surface area contributed by atoms with Crippen LogP contribution in [0, 0.1) is 12.3 Å². The molecule has 0 heterocycles. The number of ether oxygens (including phenoxy) is 1. The second-order valence-electron chi connectivity index (χ2n) is 2.60. The van der Waals surface area contributed by atoms with Gasteiger partial charge in [0.2, 0.25) is 0 Å². The van der Waals surface area contributed by atoms with Gasteiger partial charge in [-0.15, -0.1) is 12.3 Å². The molecule has 0 amide bonds. The Labute approximate surface area is 74.1 Å². The quantitative estimate of drug-likeness (QED) is 0.418. The largest absolute Gasteiger partial charge is 0.394 e. The fraction of sp³-hybridized carbons (Fsp3) is 0.778. The Kier molecular flexibility index (Phi) is 8.14. The van der Waals surface area contributed by atoms with E-state index < -0.39 is 0 Å². The molecule has 1 atom stereocenters. The number of aliphatic hydroxyl groups excluding tert-OH is 1. The Morgan fingerprint density at radius 1 is 1.58 bits per heavy atom. The smallest absolute Gasteiger partial charge is 0.0698 e. The maximum Gasteiger partial charge on any atom is 0.0698 e. The van der Waals surface area contributed by atoms with E-state index in [9.17, 15) is 0 Å². The minimum Gasteiger partial charge on any atom is -0.394 e. The highest BCUT2D eigenvalue weighted by atomic mass is 16.5. The summed E-state index contributed by atoms with van der Waals surface area (Å²) in [6.07, 6.45) is 5.86. The first kappa shape index (κ1) is 11.4. The van der Waals surface area contributed by atoms with Crippen LogP contribution < -0.4 is 5.32 Å². The maximum atomic E-state index is 8.39. The molecule has 0 fully saturated rings. The van der Waals surface area contributed by atoms with Gasteiger partial charge < -0.3 is 15.2 Å². The monoisotopic (exact) mass is 171 g/mol. The van der Waals surface area contributed by atoms with E-state index in [1.165, 1.54) is 0 Å². The highest BCUT2D eigenvalue weighted by molar-refractivity contribution is 4.87. The average molecular weight is 171 g/mol. The first-order chi connectivity index (χ1) is 5.81. The van der Waals surface area contributed by atoms with Crippen LogP contribution in [0.5, 0.6) is 0 Å². The second kappa shape index (κ2) is 8.54. The van der Waals surface area contributed by atoms with Gasteiger partial charge in [-0.25, -0.2) is 0 Å². The molecule has 0 aromatic carbocycles. The van der Waals surface area contributed by atoms with E-state index in [4.69, 9.17) is 16.3 Å². The Morgan fingerprint density at radius 2 is 2.33 bits per heavy atom.